The van der Waals surface area contributed by atoms with Crippen molar-refractivity contribution in [3.05, 3.63) is 59.8 Å². The summed E-state index contributed by atoms with van der Waals surface area (Å²) in [7, 11) is 0. The van der Waals surface area contributed by atoms with Crippen LogP contribution in [0.4, 0.5) is 5.69 Å². The minimum atomic E-state index is 0.204. The maximum absolute atomic E-state index is 6.38. The molecule has 2 aromatic carbocycles. The molecule has 0 aliphatic carbocycles. The lowest BCUT2D eigenvalue weighted by atomic mass is 10.0. The van der Waals surface area contributed by atoms with Gasteiger partial charge in [-0.15, -0.1) is 0 Å². The van der Waals surface area contributed by atoms with E-state index < -0.39 is 0 Å². The molecule has 4 rings (SSSR count). The number of hydrogen-bond donors (Lipinski definition) is 1. The first-order valence-electron chi connectivity index (χ1n) is 7.05. The largest absolute Gasteiger partial charge is 0.454 e. The molecule has 0 saturated carbocycles. The zero-order chi connectivity index (χ0) is 15.8. The zero-order valence-corrected chi connectivity index (χ0v) is 12.8. The van der Waals surface area contributed by atoms with Crippen molar-refractivity contribution in [2.45, 2.75) is 0 Å². The summed E-state index contributed by atoms with van der Waals surface area (Å²) in [6.07, 6.45) is 1.72. The molecule has 4 nitrogen and oxygen atoms in total. The van der Waals surface area contributed by atoms with Crippen molar-refractivity contribution in [3.63, 3.8) is 0 Å². The lowest BCUT2D eigenvalue weighted by molar-refractivity contribution is 0.174. The van der Waals surface area contributed by atoms with Gasteiger partial charge in [-0.2, -0.15) is 0 Å². The van der Waals surface area contributed by atoms with Crippen LogP contribution in [0.15, 0.2) is 48.7 Å². The van der Waals surface area contributed by atoms with Crippen LogP contribution in [0, 0.1) is 6.07 Å². The predicted octanol–water partition coefficient (Wildman–Crippen LogP) is 4.18. The van der Waals surface area contributed by atoms with Crippen molar-refractivity contribution >= 4 is 17.3 Å². The molecule has 0 saturated heterocycles. The monoisotopic (exact) mass is 323 g/mol. The summed E-state index contributed by atoms with van der Waals surface area (Å²) < 4.78 is 11.0. The molecule has 0 fully saturated rings. The zero-order valence-electron chi connectivity index (χ0n) is 12.0. The number of nitrogen functional groups attached to an aromatic ring is 1. The fourth-order valence-corrected chi connectivity index (χ4v) is 2.84. The SMILES string of the molecule is Nc1c(-c2cc[c]c(Cl)c2)ccnc1-c1cccc2c1OCO2. The van der Waals surface area contributed by atoms with Gasteiger partial charge in [0.05, 0.1) is 11.4 Å². The Bertz CT molecular complexity index is 896. The van der Waals surface area contributed by atoms with Gasteiger partial charge in [0.15, 0.2) is 11.5 Å². The summed E-state index contributed by atoms with van der Waals surface area (Å²) >= 11 is 6.03. The second kappa shape index (κ2) is 5.48. The Morgan fingerprint density at radius 3 is 2.91 bits per heavy atom. The molecule has 1 aromatic heterocycles. The molecule has 5 heteroatoms. The van der Waals surface area contributed by atoms with Crippen molar-refractivity contribution in [1.29, 1.82) is 0 Å². The van der Waals surface area contributed by atoms with E-state index in [1.807, 2.05) is 36.4 Å². The van der Waals surface area contributed by atoms with Crippen LogP contribution in [-0.2, 0) is 0 Å². The number of ether oxygens (including phenoxy) is 2. The van der Waals surface area contributed by atoms with Crippen LogP contribution in [0.3, 0.4) is 0 Å². The van der Waals surface area contributed by atoms with E-state index in [0.717, 1.165) is 16.7 Å². The van der Waals surface area contributed by atoms with Gasteiger partial charge >= 0.3 is 0 Å². The molecule has 0 atom stereocenters. The molecule has 23 heavy (non-hydrogen) atoms. The first-order chi connectivity index (χ1) is 11.2. The highest BCUT2D eigenvalue weighted by molar-refractivity contribution is 6.30. The molecule has 0 amide bonds. The van der Waals surface area contributed by atoms with Crippen molar-refractivity contribution in [2.75, 3.05) is 12.5 Å². The molecule has 2 N–H and O–H groups in total. The molecule has 0 bridgehead atoms. The third-order valence-electron chi connectivity index (χ3n) is 3.72. The molecule has 1 aliphatic rings. The van der Waals surface area contributed by atoms with Crippen molar-refractivity contribution in [2.24, 2.45) is 0 Å². The summed E-state index contributed by atoms with van der Waals surface area (Å²) in [5.41, 5.74) is 10.2. The number of nitrogens with two attached hydrogens (primary N) is 1. The lowest BCUT2D eigenvalue weighted by Crippen LogP contribution is -1.98. The molecule has 0 spiro atoms. The Kier molecular flexibility index (Phi) is 3.32. The molecule has 113 valence electrons. The highest BCUT2D eigenvalue weighted by Gasteiger charge is 2.21. The number of para-hydroxylation sites is 1. The quantitative estimate of drug-likeness (QED) is 0.768. The molecule has 2 heterocycles. The van der Waals surface area contributed by atoms with Crippen LogP contribution in [0.2, 0.25) is 5.02 Å². The van der Waals surface area contributed by atoms with Crippen LogP contribution >= 0.6 is 11.6 Å². The van der Waals surface area contributed by atoms with Gasteiger partial charge in [0.1, 0.15) is 0 Å². The third kappa shape index (κ3) is 2.37. The lowest BCUT2D eigenvalue weighted by Gasteiger charge is -2.12. The number of benzene rings is 2. The van der Waals surface area contributed by atoms with Crippen molar-refractivity contribution < 1.29 is 9.47 Å². The van der Waals surface area contributed by atoms with Gasteiger partial charge in [0, 0.05) is 28.4 Å². The maximum Gasteiger partial charge on any atom is 0.231 e. The van der Waals surface area contributed by atoms with Crippen LogP contribution < -0.4 is 15.2 Å². The van der Waals surface area contributed by atoms with E-state index in [-0.39, 0.29) is 6.79 Å². The van der Waals surface area contributed by atoms with E-state index in [1.54, 1.807) is 12.3 Å². The highest BCUT2D eigenvalue weighted by atomic mass is 35.5. The molecular formula is C18H12ClN2O2. The fourth-order valence-electron chi connectivity index (χ4n) is 2.66. The number of fused-ring (bicyclic) bond motifs is 1. The Balaban J connectivity index is 1.89. The van der Waals surface area contributed by atoms with E-state index >= 15 is 0 Å². The first-order valence-corrected chi connectivity index (χ1v) is 7.43. The summed E-state index contributed by atoms with van der Waals surface area (Å²) in [6, 6.07) is 16.0. The number of rotatable bonds is 2. The Morgan fingerprint density at radius 2 is 2.04 bits per heavy atom. The van der Waals surface area contributed by atoms with Crippen LogP contribution in [0.1, 0.15) is 0 Å². The highest BCUT2D eigenvalue weighted by Crippen LogP contribution is 2.43. The molecular weight excluding hydrogens is 312 g/mol. The van der Waals surface area contributed by atoms with Gasteiger partial charge in [0.25, 0.3) is 0 Å². The van der Waals surface area contributed by atoms with Crippen LogP contribution in [0.25, 0.3) is 22.4 Å². The summed E-state index contributed by atoms with van der Waals surface area (Å²) in [5.74, 6) is 1.37. The van der Waals surface area contributed by atoms with Crippen LogP contribution in [-0.4, -0.2) is 11.8 Å². The Labute approximate surface area is 138 Å². The van der Waals surface area contributed by atoms with Gasteiger partial charge in [0.2, 0.25) is 6.79 Å². The van der Waals surface area contributed by atoms with E-state index in [1.165, 1.54) is 0 Å². The van der Waals surface area contributed by atoms with Crippen LogP contribution in [0.5, 0.6) is 11.5 Å². The van der Waals surface area contributed by atoms with Gasteiger partial charge in [-0.1, -0.05) is 29.8 Å². The Morgan fingerprint density at radius 1 is 1.13 bits per heavy atom. The second-order valence-corrected chi connectivity index (χ2v) is 5.49. The van der Waals surface area contributed by atoms with E-state index in [0.29, 0.717) is 27.9 Å². The van der Waals surface area contributed by atoms with E-state index in [9.17, 15) is 0 Å². The summed E-state index contributed by atoms with van der Waals surface area (Å²) in [6.45, 7) is 0.204. The minimum absolute atomic E-state index is 0.204. The third-order valence-corrected chi connectivity index (χ3v) is 3.94. The predicted molar refractivity (Wildman–Crippen MR) is 89.5 cm³/mol. The van der Waals surface area contributed by atoms with Gasteiger partial charge in [-0.3, -0.25) is 4.98 Å². The van der Waals surface area contributed by atoms with Gasteiger partial charge in [-0.25, -0.2) is 0 Å². The summed E-state index contributed by atoms with van der Waals surface area (Å²) in [5, 5.41) is 0.539. The number of nitrogens with zero attached hydrogens (tertiary/aromatic N) is 1. The number of pyridine rings is 1. The normalized spacial score (nSPS) is 12.4. The minimum Gasteiger partial charge on any atom is -0.454 e. The standard InChI is InChI=1S/C18H12ClN2O2/c19-12-4-1-3-11(9-12)13-7-8-21-17(16(13)20)14-5-2-6-15-18(14)23-10-22-15/h1-3,5-9H,10,20H2. The molecule has 1 aliphatic heterocycles. The summed E-state index contributed by atoms with van der Waals surface area (Å²) in [4.78, 5) is 4.43. The molecule has 0 unspecified atom stereocenters. The van der Waals surface area contributed by atoms with Crippen molar-refractivity contribution in [1.82, 2.24) is 4.98 Å². The molecule has 1 radical (unpaired) electrons. The second-order valence-electron chi connectivity index (χ2n) is 5.09. The number of aromatic nitrogens is 1. The smallest absolute Gasteiger partial charge is 0.231 e. The maximum atomic E-state index is 6.38. The number of hydrogen-bond acceptors (Lipinski definition) is 4. The van der Waals surface area contributed by atoms with E-state index in [2.05, 4.69) is 11.1 Å². The number of anilines is 1. The Hall–Kier alpha value is -2.72. The average Bonchev–Trinajstić information content (AvgIpc) is 3.04. The van der Waals surface area contributed by atoms with E-state index in [4.69, 9.17) is 26.8 Å². The van der Waals surface area contributed by atoms with Gasteiger partial charge < -0.3 is 15.2 Å². The number of halogens is 1. The topological polar surface area (TPSA) is 57.4 Å². The fraction of sp³-hybridized carbons (Fsp3) is 0.0556. The average molecular weight is 324 g/mol. The van der Waals surface area contributed by atoms with Crippen molar-refractivity contribution in [3.8, 4) is 33.9 Å². The molecule has 3 aromatic rings. The first kappa shape index (κ1) is 13.9. The van der Waals surface area contributed by atoms with Gasteiger partial charge in [-0.05, 0) is 29.8 Å².